The topological polar surface area (TPSA) is 93.4 Å². The van der Waals surface area contributed by atoms with Gasteiger partial charge in [0.15, 0.2) is 0 Å². The summed E-state index contributed by atoms with van der Waals surface area (Å²) in [5.74, 6) is 0.384. The summed E-state index contributed by atoms with van der Waals surface area (Å²) in [5, 5.41) is 5.50. The third-order valence-corrected chi connectivity index (χ3v) is 3.51. The van der Waals surface area contributed by atoms with Gasteiger partial charge in [-0.1, -0.05) is 38.1 Å². The molecule has 0 aliphatic carbocycles. The minimum atomic E-state index is -0.641. The number of nitrogens with one attached hydrogen (secondary N) is 2. The summed E-state index contributed by atoms with van der Waals surface area (Å²) in [6.45, 7) is 8.03. The van der Waals surface area contributed by atoms with Crippen molar-refractivity contribution in [3.8, 4) is 0 Å². The summed E-state index contributed by atoms with van der Waals surface area (Å²) >= 11 is 0. The number of carbonyl (C=O) groups excluding carboxylic acids is 2. The predicted molar refractivity (Wildman–Crippen MR) is 94.5 cm³/mol. The zero-order chi connectivity index (χ0) is 17.9. The van der Waals surface area contributed by atoms with Gasteiger partial charge in [-0.05, 0) is 30.4 Å². The highest BCUT2D eigenvalue weighted by molar-refractivity contribution is 5.78. The first-order chi connectivity index (χ1) is 11.4. The van der Waals surface area contributed by atoms with E-state index < -0.39 is 12.1 Å². The SMILES string of the molecule is Cc1ccccc1C(CC(=O)NCCCOCC(C)C)NC(N)=O. The largest absolute Gasteiger partial charge is 0.381 e. The molecule has 1 unspecified atom stereocenters. The number of ether oxygens (including phenoxy) is 1. The highest BCUT2D eigenvalue weighted by Gasteiger charge is 2.18. The molecule has 0 aliphatic heterocycles. The van der Waals surface area contributed by atoms with Crippen molar-refractivity contribution in [2.75, 3.05) is 19.8 Å². The lowest BCUT2D eigenvalue weighted by molar-refractivity contribution is -0.121. The number of carbonyl (C=O) groups is 2. The summed E-state index contributed by atoms with van der Waals surface area (Å²) in [6.07, 6.45) is 0.914. The zero-order valence-electron chi connectivity index (χ0n) is 14.8. The van der Waals surface area contributed by atoms with Crippen LogP contribution in [0.3, 0.4) is 0 Å². The zero-order valence-corrected chi connectivity index (χ0v) is 14.8. The number of urea groups is 1. The number of nitrogens with two attached hydrogens (primary N) is 1. The summed E-state index contributed by atoms with van der Waals surface area (Å²) in [6, 6.07) is 6.55. The van der Waals surface area contributed by atoms with E-state index in [1.165, 1.54) is 0 Å². The second-order valence-electron chi connectivity index (χ2n) is 6.29. The standard InChI is InChI=1S/C18H29N3O3/c1-13(2)12-24-10-6-9-20-17(22)11-16(21-18(19)23)15-8-5-4-7-14(15)3/h4-5,7-8,13,16H,6,9-12H2,1-3H3,(H,20,22)(H3,19,21,23). The van der Waals surface area contributed by atoms with Gasteiger partial charge in [-0.15, -0.1) is 0 Å². The van der Waals surface area contributed by atoms with E-state index in [1.807, 2.05) is 31.2 Å². The van der Waals surface area contributed by atoms with Crippen molar-refractivity contribution >= 4 is 11.9 Å². The first kappa shape index (κ1) is 20.0. The minimum absolute atomic E-state index is 0.124. The number of hydrogen-bond donors (Lipinski definition) is 3. The lowest BCUT2D eigenvalue weighted by Crippen LogP contribution is -2.37. The normalized spacial score (nSPS) is 12.0. The van der Waals surface area contributed by atoms with Crippen LogP contribution in [0.5, 0.6) is 0 Å². The maximum absolute atomic E-state index is 12.1. The van der Waals surface area contributed by atoms with Gasteiger partial charge in [0.25, 0.3) is 0 Å². The van der Waals surface area contributed by atoms with Gasteiger partial charge in [-0.2, -0.15) is 0 Å². The number of benzene rings is 1. The lowest BCUT2D eigenvalue weighted by Gasteiger charge is -2.19. The number of aryl methyl sites for hydroxylation is 1. The van der Waals surface area contributed by atoms with E-state index in [0.29, 0.717) is 19.1 Å². The molecule has 0 radical (unpaired) electrons. The Morgan fingerprint density at radius 2 is 1.96 bits per heavy atom. The van der Waals surface area contributed by atoms with Crippen molar-refractivity contribution in [1.29, 1.82) is 0 Å². The van der Waals surface area contributed by atoms with E-state index in [9.17, 15) is 9.59 Å². The van der Waals surface area contributed by atoms with Crippen molar-refractivity contribution in [2.24, 2.45) is 11.7 Å². The molecule has 134 valence electrons. The van der Waals surface area contributed by atoms with Gasteiger partial charge in [0, 0.05) is 19.8 Å². The van der Waals surface area contributed by atoms with Crippen molar-refractivity contribution < 1.29 is 14.3 Å². The molecule has 4 N–H and O–H groups in total. The molecule has 0 aliphatic rings. The third kappa shape index (κ3) is 7.97. The lowest BCUT2D eigenvalue weighted by atomic mass is 9.98. The molecule has 1 rings (SSSR count). The Balaban J connectivity index is 2.45. The highest BCUT2D eigenvalue weighted by Crippen LogP contribution is 2.20. The quantitative estimate of drug-likeness (QED) is 0.573. The maximum Gasteiger partial charge on any atom is 0.312 e. The predicted octanol–water partition coefficient (Wildman–Crippen LogP) is 2.27. The van der Waals surface area contributed by atoms with Crippen molar-refractivity contribution in [2.45, 2.75) is 39.7 Å². The summed E-state index contributed by atoms with van der Waals surface area (Å²) in [5.41, 5.74) is 7.14. The Kier molecular flexibility index (Phi) is 8.86. The Morgan fingerprint density at radius 3 is 2.58 bits per heavy atom. The van der Waals surface area contributed by atoms with Crippen molar-refractivity contribution in [1.82, 2.24) is 10.6 Å². The van der Waals surface area contributed by atoms with E-state index in [4.69, 9.17) is 10.5 Å². The molecule has 0 saturated carbocycles. The number of primary amides is 1. The molecule has 3 amide bonds. The molecule has 0 saturated heterocycles. The minimum Gasteiger partial charge on any atom is -0.381 e. The average Bonchev–Trinajstić information content (AvgIpc) is 2.50. The van der Waals surface area contributed by atoms with Gasteiger partial charge in [0.1, 0.15) is 0 Å². The van der Waals surface area contributed by atoms with Crippen LogP contribution in [0.2, 0.25) is 0 Å². The Morgan fingerprint density at radius 1 is 1.25 bits per heavy atom. The fourth-order valence-electron chi connectivity index (χ4n) is 2.37. The molecule has 6 heteroatoms. The van der Waals surface area contributed by atoms with Crippen LogP contribution in [0, 0.1) is 12.8 Å². The molecule has 24 heavy (non-hydrogen) atoms. The second kappa shape index (κ2) is 10.6. The van der Waals surface area contributed by atoms with Gasteiger partial charge in [0.2, 0.25) is 5.91 Å². The molecular formula is C18H29N3O3. The molecule has 6 nitrogen and oxygen atoms in total. The smallest absolute Gasteiger partial charge is 0.312 e. The molecule has 1 aromatic carbocycles. The Labute approximate surface area is 144 Å². The first-order valence-corrected chi connectivity index (χ1v) is 8.36. The molecule has 1 atom stereocenters. The van der Waals surface area contributed by atoms with Crippen LogP contribution in [-0.4, -0.2) is 31.7 Å². The van der Waals surface area contributed by atoms with Crippen LogP contribution in [0.4, 0.5) is 4.79 Å². The molecular weight excluding hydrogens is 306 g/mol. The Hall–Kier alpha value is -2.08. The average molecular weight is 335 g/mol. The van der Waals surface area contributed by atoms with Crippen LogP contribution in [-0.2, 0) is 9.53 Å². The van der Waals surface area contributed by atoms with E-state index in [-0.39, 0.29) is 12.3 Å². The molecule has 0 aromatic heterocycles. The number of rotatable bonds is 10. The van der Waals surface area contributed by atoms with E-state index >= 15 is 0 Å². The molecule has 0 bridgehead atoms. The fourth-order valence-corrected chi connectivity index (χ4v) is 2.37. The van der Waals surface area contributed by atoms with E-state index in [2.05, 4.69) is 24.5 Å². The first-order valence-electron chi connectivity index (χ1n) is 8.36. The van der Waals surface area contributed by atoms with E-state index in [1.54, 1.807) is 0 Å². The second-order valence-corrected chi connectivity index (χ2v) is 6.29. The van der Waals surface area contributed by atoms with Crippen LogP contribution in [0.25, 0.3) is 0 Å². The summed E-state index contributed by atoms with van der Waals surface area (Å²) in [7, 11) is 0. The van der Waals surface area contributed by atoms with Gasteiger partial charge in [-0.25, -0.2) is 4.79 Å². The highest BCUT2D eigenvalue weighted by atomic mass is 16.5. The monoisotopic (exact) mass is 335 g/mol. The van der Waals surface area contributed by atoms with E-state index in [0.717, 1.165) is 24.2 Å². The van der Waals surface area contributed by atoms with Gasteiger partial charge in [-0.3, -0.25) is 4.79 Å². The van der Waals surface area contributed by atoms with Gasteiger partial charge < -0.3 is 21.1 Å². The maximum atomic E-state index is 12.1. The molecule has 0 spiro atoms. The molecule has 0 heterocycles. The van der Waals surface area contributed by atoms with Crippen LogP contribution in [0.15, 0.2) is 24.3 Å². The Bertz CT molecular complexity index is 532. The van der Waals surface area contributed by atoms with Crippen molar-refractivity contribution in [3.05, 3.63) is 35.4 Å². The van der Waals surface area contributed by atoms with Gasteiger partial charge >= 0.3 is 6.03 Å². The van der Waals surface area contributed by atoms with Crippen LogP contribution >= 0.6 is 0 Å². The van der Waals surface area contributed by atoms with Crippen molar-refractivity contribution in [3.63, 3.8) is 0 Å². The fraction of sp³-hybridized carbons (Fsp3) is 0.556. The summed E-state index contributed by atoms with van der Waals surface area (Å²) < 4.78 is 5.47. The molecule has 0 fully saturated rings. The molecule has 1 aromatic rings. The number of hydrogen-bond acceptors (Lipinski definition) is 3. The van der Waals surface area contributed by atoms with Crippen LogP contribution in [0.1, 0.15) is 43.9 Å². The number of amides is 3. The summed E-state index contributed by atoms with van der Waals surface area (Å²) in [4.78, 5) is 23.3. The van der Waals surface area contributed by atoms with Crippen LogP contribution < -0.4 is 16.4 Å². The van der Waals surface area contributed by atoms with Gasteiger partial charge in [0.05, 0.1) is 12.5 Å². The third-order valence-electron chi connectivity index (χ3n) is 3.51.